The summed E-state index contributed by atoms with van der Waals surface area (Å²) in [6, 6.07) is 4.71. The molecule has 0 saturated heterocycles. The molecule has 0 aliphatic heterocycles. The van der Waals surface area contributed by atoms with Crippen LogP contribution in [-0.4, -0.2) is 12.6 Å². The van der Waals surface area contributed by atoms with Gasteiger partial charge in [0.15, 0.2) is 0 Å². The molecule has 0 saturated carbocycles. The van der Waals surface area contributed by atoms with Crippen LogP contribution in [0.2, 0.25) is 0 Å². The number of rotatable bonds is 7. The smallest absolute Gasteiger partial charge is 0.124 e. The molecule has 3 heteroatoms. The molecular weight excluding hydrogens is 229 g/mol. The standard InChI is InChI=1S/C15H24FNO/c1-5-17-10-13-9-14(16)6-7-15(13)18-12(4)8-11(2)3/h6-7,9,11-12,17H,5,8,10H2,1-4H3. The third-order valence-electron chi connectivity index (χ3n) is 2.72. The topological polar surface area (TPSA) is 21.3 Å². The summed E-state index contributed by atoms with van der Waals surface area (Å²) < 4.78 is 19.1. The Morgan fingerprint density at radius 3 is 2.61 bits per heavy atom. The van der Waals surface area contributed by atoms with Crippen molar-refractivity contribution in [1.82, 2.24) is 5.32 Å². The number of halogens is 1. The van der Waals surface area contributed by atoms with Gasteiger partial charge < -0.3 is 10.1 Å². The highest BCUT2D eigenvalue weighted by atomic mass is 19.1. The molecule has 0 heterocycles. The molecule has 1 N–H and O–H groups in total. The number of nitrogens with one attached hydrogen (secondary N) is 1. The molecule has 1 atom stereocenters. The summed E-state index contributed by atoms with van der Waals surface area (Å²) in [7, 11) is 0. The van der Waals surface area contributed by atoms with Crippen LogP contribution in [0.5, 0.6) is 5.75 Å². The van der Waals surface area contributed by atoms with Crippen molar-refractivity contribution in [3.63, 3.8) is 0 Å². The van der Waals surface area contributed by atoms with Gasteiger partial charge in [-0.15, -0.1) is 0 Å². The van der Waals surface area contributed by atoms with Gasteiger partial charge in [-0.25, -0.2) is 4.39 Å². The molecule has 102 valence electrons. The van der Waals surface area contributed by atoms with E-state index in [9.17, 15) is 4.39 Å². The highest BCUT2D eigenvalue weighted by Gasteiger charge is 2.10. The second kappa shape index (κ2) is 7.37. The van der Waals surface area contributed by atoms with Gasteiger partial charge in [-0.2, -0.15) is 0 Å². The molecule has 2 nitrogen and oxygen atoms in total. The monoisotopic (exact) mass is 253 g/mol. The van der Waals surface area contributed by atoms with Gasteiger partial charge in [0, 0.05) is 12.1 Å². The first kappa shape index (κ1) is 15.0. The largest absolute Gasteiger partial charge is 0.490 e. The maximum atomic E-state index is 13.2. The Morgan fingerprint density at radius 1 is 1.28 bits per heavy atom. The van der Waals surface area contributed by atoms with E-state index in [1.54, 1.807) is 12.1 Å². The molecule has 0 bridgehead atoms. The number of hydrogen-bond acceptors (Lipinski definition) is 2. The van der Waals surface area contributed by atoms with Crippen molar-refractivity contribution in [2.75, 3.05) is 6.54 Å². The second-order valence-corrected chi connectivity index (χ2v) is 5.09. The van der Waals surface area contributed by atoms with Gasteiger partial charge in [0.05, 0.1) is 6.10 Å². The zero-order chi connectivity index (χ0) is 13.5. The quantitative estimate of drug-likeness (QED) is 0.799. The van der Waals surface area contributed by atoms with Crippen LogP contribution in [0, 0.1) is 11.7 Å². The SMILES string of the molecule is CCNCc1cc(F)ccc1OC(C)CC(C)C. The molecule has 18 heavy (non-hydrogen) atoms. The molecule has 1 rings (SSSR count). The Labute approximate surface area is 110 Å². The lowest BCUT2D eigenvalue weighted by molar-refractivity contribution is 0.191. The fourth-order valence-electron chi connectivity index (χ4n) is 1.99. The van der Waals surface area contributed by atoms with Crippen LogP contribution in [0.15, 0.2) is 18.2 Å². The summed E-state index contributed by atoms with van der Waals surface area (Å²) in [6.45, 7) is 9.92. The van der Waals surface area contributed by atoms with E-state index >= 15 is 0 Å². The van der Waals surface area contributed by atoms with E-state index in [0.29, 0.717) is 12.5 Å². The summed E-state index contributed by atoms with van der Waals surface area (Å²) in [5.74, 6) is 1.16. The minimum atomic E-state index is -0.216. The number of ether oxygens (including phenoxy) is 1. The van der Waals surface area contributed by atoms with Crippen molar-refractivity contribution in [3.05, 3.63) is 29.6 Å². The zero-order valence-electron chi connectivity index (χ0n) is 11.8. The van der Waals surface area contributed by atoms with Gasteiger partial charge in [0.25, 0.3) is 0 Å². The van der Waals surface area contributed by atoms with Gasteiger partial charge in [0.2, 0.25) is 0 Å². The van der Waals surface area contributed by atoms with Crippen LogP contribution in [0.25, 0.3) is 0 Å². The molecule has 0 aromatic heterocycles. The minimum Gasteiger partial charge on any atom is -0.490 e. The second-order valence-electron chi connectivity index (χ2n) is 5.09. The third kappa shape index (κ3) is 5.05. The predicted octanol–water partition coefficient (Wildman–Crippen LogP) is 3.75. The fourth-order valence-corrected chi connectivity index (χ4v) is 1.99. The van der Waals surface area contributed by atoms with E-state index in [2.05, 4.69) is 26.1 Å². The van der Waals surface area contributed by atoms with Gasteiger partial charge >= 0.3 is 0 Å². The van der Waals surface area contributed by atoms with Crippen LogP contribution < -0.4 is 10.1 Å². The molecule has 1 unspecified atom stereocenters. The van der Waals surface area contributed by atoms with E-state index in [1.165, 1.54) is 6.07 Å². The molecule has 0 radical (unpaired) electrons. The van der Waals surface area contributed by atoms with Gasteiger partial charge in [0.1, 0.15) is 11.6 Å². The molecular formula is C15H24FNO. The van der Waals surface area contributed by atoms with Crippen molar-refractivity contribution in [2.45, 2.75) is 46.8 Å². The summed E-state index contributed by atoms with van der Waals surface area (Å²) in [5.41, 5.74) is 0.882. The van der Waals surface area contributed by atoms with Crippen molar-refractivity contribution in [3.8, 4) is 5.75 Å². The van der Waals surface area contributed by atoms with E-state index in [4.69, 9.17) is 4.74 Å². The lowest BCUT2D eigenvalue weighted by Crippen LogP contribution is -2.18. The third-order valence-corrected chi connectivity index (χ3v) is 2.72. The molecule has 0 spiro atoms. The minimum absolute atomic E-state index is 0.149. The lowest BCUT2D eigenvalue weighted by Gasteiger charge is -2.19. The molecule has 1 aromatic carbocycles. The molecule has 0 fully saturated rings. The van der Waals surface area contributed by atoms with Crippen molar-refractivity contribution >= 4 is 0 Å². The van der Waals surface area contributed by atoms with Crippen molar-refractivity contribution in [1.29, 1.82) is 0 Å². The van der Waals surface area contributed by atoms with Gasteiger partial charge in [-0.3, -0.25) is 0 Å². The first-order valence-electron chi connectivity index (χ1n) is 6.68. The summed E-state index contributed by atoms with van der Waals surface area (Å²) in [4.78, 5) is 0. The average molecular weight is 253 g/mol. The van der Waals surface area contributed by atoms with E-state index in [0.717, 1.165) is 24.3 Å². The van der Waals surface area contributed by atoms with Crippen LogP contribution >= 0.6 is 0 Å². The Kier molecular flexibility index (Phi) is 6.13. The first-order valence-corrected chi connectivity index (χ1v) is 6.68. The Balaban J connectivity index is 2.73. The highest BCUT2D eigenvalue weighted by molar-refractivity contribution is 5.34. The lowest BCUT2D eigenvalue weighted by atomic mass is 10.1. The van der Waals surface area contributed by atoms with Crippen molar-refractivity contribution < 1.29 is 9.13 Å². The summed E-state index contributed by atoms with van der Waals surface area (Å²) >= 11 is 0. The van der Waals surface area contributed by atoms with E-state index < -0.39 is 0 Å². The normalized spacial score (nSPS) is 12.8. The van der Waals surface area contributed by atoms with Crippen LogP contribution in [-0.2, 0) is 6.54 Å². The van der Waals surface area contributed by atoms with Crippen molar-refractivity contribution in [2.24, 2.45) is 5.92 Å². The molecule has 0 aliphatic rings. The molecule has 0 aliphatic carbocycles. The Morgan fingerprint density at radius 2 is 2.00 bits per heavy atom. The highest BCUT2D eigenvalue weighted by Crippen LogP contribution is 2.22. The predicted molar refractivity (Wildman–Crippen MR) is 73.3 cm³/mol. The average Bonchev–Trinajstić information content (AvgIpc) is 2.28. The van der Waals surface area contributed by atoms with E-state index in [-0.39, 0.29) is 11.9 Å². The number of benzene rings is 1. The summed E-state index contributed by atoms with van der Waals surface area (Å²) in [5, 5.41) is 3.20. The van der Waals surface area contributed by atoms with Crippen LogP contribution in [0.4, 0.5) is 4.39 Å². The Hall–Kier alpha value is -1.09. The Bertz CT molecular complexity index is 366. The van der Waals surface area contributed by atoms with Crippen LogP contribution in [0.1, 0.15) is 39.7 Å². The van der Waals surface area contributed by atoms with Gasteiger partial charge in [-0.1, -0.05) is 20.8 Å². The maximum absolute atomic E-state index is 13.2. The summed E-state index contributed by atoms with van der Waals surface area (Å²) in [6.07, 6.45) is 1.15. The molecule has 1 aromatic rings. The number of hydrogen-bond donors (Lipinski definition) is 1. The fraction of sp³-hybridized carbons (Fsp3) is 0.600. The van der Waals surface area contributed by atoms with E-state index in [1.807, 2.05) is 6.92 Å². The first-order chi connectivity index (χ1) is 8.52. The van der Waals surface area contributed by atoms with Crippen LogP contribution in [0.3, 0.4) is 0 Å². The molecule has 0 amide bonds. The zero-order valence-corrected chi connectivity index (χ0v) is 11.8. The maximum Gasteiger partial charge on any atom is 0.124 e. The van der Waals surface area contributed by atoms with Gasteiger partial charge in [-0.05, 0) is 44.0 Å².